The van der Waals surface area contributed by atoms with Crippen LogP contribution in [-0.4, -0.2) is 63.2 Å². The second-order valence-electron chi connectivity index (χ2n) is 9.35. The van der Waals surface area contributed by atoms with Gasteiger partial charge in [-0.2, -0.15) is 0 Å². The van der Waals surface area contributed by atoms with E-state index in [-0.39, 0.29) is 24.2 Å². The van der Waals surface area contributed by atoms with Crippen molar-refractivity contribution in [2.75, 3.05) is 30.3 Å². The second kappa shape index (κ2) is 12.3. The smallest absolute Gasteiger partial charge is 0.244 e. The number of anilines is 1. The number of sulfonamides is 1. The molecular weight excluding hydrogens is 494 g/mol. The summed E-state index contributed by atoms with van der Waals surface area (Å²) in [5.41, 5.74) is 2.16. The molecule has 9 nitrogen and oxygen atoms in total. The third kappa shape index (κ3) is 7.38. The maximum absolute atomic E-state index is 13.8. The van der Waals surface area contributed by atoms with Crippen molar-refractivity contribution in [2.45, 2.75) is 59.2 Å². The van der Waals surface area contributed by atoms with Gasteiger partial charge in [0.1, 0.15) is 25.8 Å². The zero-order valence-corrected chi connectivity index (χ0v) is 23.0. The van der Waals surface area contributed by atoms with Gasteiger partial charge >= 0.3 is 0 Å². The van der Waals surface area contributed by atoms with Gasteiger partial charge in [0, 0.05) is 18.7 Å². The lowest BCUT2D eigenvalue weighted by Crippen LogP contribution is -2.53. The molecule has 10 heteroatoms. The molecule has 3 rings (SSSR count). The van der Waals surface area contributed by atoms with E-state index in [1.807, 2.05) is 52.0 Å². The summed E-state index contributed by atoms with van der Waals surface area (Å²) in [7, 11) is -3.84. The summed E-state index contributed by atoms with van der Waals surface area (Å²) in [6.45, 7) is 8.14. The first kappa shape index (κ1) is 28.3. The monoisotopic (exact) mass is 531 g/mol. The van der Waals surface area contributed by atoms with Crippen molar-refractivity contribution in [3.05, 3.63) is 53.6 Å². The van der Waals surface area contributed by atoms with E-state index in [1.54, 1.807) is 18.2 Å². The molecule has 0 saturated heterocycles. The molecule has 1 aliphatic heterocycles. The molecule has 0 aliphatic carbocycles. The van der Waals surface area contributed by atoms with Crippen LogP contribution in [0, 0.1) is 6.92 Å². The van der Waals surface area contributed by atoms with Crippen LogP contribution in [-0.2, 0) is 26.2 Å². The molecule has 202 valence electrons. The average molecular weight is 532 g/mol. The number of nitrogens with one attached hydrogen (secondary N) is 1. The van der Waals surface area contributed by atoms with E-state index in [4.69, 9.17) is 9.47 Å². The van der Waals surface area contributed by atoms with Crippen LogP contribution in [0.4, 0.5) is 5.69 Å². The molecule has 0 bridgehead atoms. The molecule has 0 radical (unpaired) electrons. The molecule has 2 aromatic carbocycles. The third-order valence-corrected chi connectivity index (χ3v) is 7.46. The average Bonchev–Trinajstić information content (AvgIpc) is 2.86. The summed E-state index contributed by atoms with van der Waals surface area (Å²) in [5.74, 6) is 0.195. The van der Waals surface area contributed by atoms with E-state index in [2.05, 4.69) is 5.32 Å². The third-order valence-electron chi connectivity index (χ3n) is 6.32. The molecule has 1 aliphatic rings. The summed E-state index contributed by atoms with van der Waals surface area (Å²) in [5, 5.41) is 2.97. The van der Waals surface area contributed by atoms with Crippen LogP contribution in [0.15, 0.2) is 42.5 Å². The Hall–Kier alpha value is -3.27. The first-order valence-electron chi connectivity index (χ1n) is 12.6. The van der Waals surface area contributed by atoms with Crippen LogP contribution < -0.4 is 19.1 Å². The summed E-state index contributed by atoms with van der Waals surface area (Å²) >= 11 is 0. The number of nitrogens with zero attached hydrogens (tertiary/aromatic N) is 2. The van der Waals surface area contributed by atoms with Gasteiger partial charge in [0.2, 0.25) is 21.8 Å². The molecular formula is C27H37N3O6S. The zero-order chi connectivity index (χ0) is 27.2. The lowest BCUT2D eigenvalue weighted by atomic mass is 10.1. The van der Waals surface area contributed by atoms with E-state index in [0.29, 0.717) is 31.1 Å². The second-order valence-corrected chi connectivity index (χ2v) is 11.3. The minimum atomic E-state index is -3.84. The van der Waals surface area contributed by atoms with Gasteiger partial charge in [-0.25, -0.2) is 8.42 Å². The standard InChI is InChI=1S/C27H37N3O6S/c1-6-20(4)28-27(32)23(7-2)29(17-21-10-8-9-19(3)15-21)26(31)18-30(37(5,33)34)22-11-12-24-25(16-22)36-14-13-35-24/h8-12,15-16,20,23H,6-7,13-14,17-18H2,1-5H3,(H,28,32)/t20-,23+/m0/s1. The fourth-order valence-electron chi connectivity index (χ4n) is 4.17. The number of carbonyl (C=O) groups is 2. The number of ether oxygens (including phenoxy) is 2. The van der Waals surface area contributed by atoms with Gasteiger partial charge in [-0.1, -0.05) is 43.7 Å². The summed E-state index contributed by atoms with van der Waals surface area (Å²) in [6, 6.07) is 11.6. The highest BCUT2D eigenvalue weighted by atomic mass is 32.2. The topological polar surface area (TPSA) is 105 Å². The molecule has 2 amide bonds. The predicted molar refractivity (Wildman–Crippen MR) is 143 cm³/mol. The predicted octanol–water partition coefficient (Wildman–Crippen LogP) is 3.25. The van der Waals surface area contributed by atoms with Crippen LogP contribution in [0.25, 0.3) is 0 Å². The van der Waals surface area contributed by atoms with Crippen molar-refractivity contribution >= 4 is 27.5 Å². The molecule has 2 atom stereocenters. The van der Waals surface area contributed by atoms with Crippen molar-refractivity contribution in [2.24, 2.45) is 0 Å². The lowest BCUT2D eigenvalue weighted by molar-refractivity contribution is -0.140. The minimum Gasteiger partial charge on any atom is -0.486 e. The van der Waals surface area contributed by atoms with E-state index in [0.717, 1.165) is 28.1 Å². The van der Waals surface area contributed by atoms with Gasteiger partial charge in [0.05, 0.1) is 11.9 Å². The van der Waals surface area contributed by atoms with Crippen LogP contribution >= 0.6 is 0 Å². The van der Waals surface area contributed by atoms with E-state index in [1.165, 1.54) is 4.90 Å². The van der Waals surface area contributed by atoms with Gasteiger partial charge < -0.3 is 19.7 Å². The number of amides is 2. The first-order valence-corrected chi connectivity index (χ1v) is 14.4. The van der Waals surface area contributed by atoms with Crippen molar-refractivity contribution in [1.82, 2.24) is 10.2 Å². The molecule has 2 aromatic rings. The molecule has 0 aromatic heterocycles. The van der Waals surface area contributed by atoms with Crippen LogP contribution in [0.5, 0.6) is 11.5 Å². The van der Waals surface area contributed by atoms with E-state index >= 15 is 0 Å². The number of rotatable bonds is 11. The Morgan fingerprint density at radius 2 is 1.73 bits per heavy atom. The normalized spacial score (nSPS) is 14.4. The fraction of sp³-hybridized carbons (Fsp3) is 0.481. The van der Waals surface area contributed by atoms with Crippen molar-refractivity contribution in [1.29, 1.82) is 0 Å². The first-order chi connectivity index (χ1) is 17.5. The highest BCUT2D eigenvalue weighted by molar-refractivity contribution is 7.92. The molecule has 37 heavy (non-hydrogen) atoms. The molecule has 0 unspecified atom stereocenters. The Morgan fingerprint density at radius 3 is 2.35 bits per heavy atom. The number of benzene rings is 2. The Kier molecular flexibility index (Phi) is 9.42. The Labute approximate surface area is 219 Å². The number of carbonyl (C=O) groups excluding carboxylic acids is 2. The van der Waals surface area contributed by atoms with Crippen LogP contribution in [0.1, 0.15) is 44.7 Å². The maximum Gasteiger partial charge on any atom is 0.244 e. The summed E-state index contributed by atoms with van der Waals surface area (Å²) in [6.07, 6.45) is 2.18. The van der Waals surface area contributed by atoms with Crippen molar-refractivity contribution < 1.29 is 27.5 Å². The molecule has 0 saturated carbocycles. The Bertz CT molecular complexity index is 1220. The highest BCUT2D eigenvalue weighted by Gasteiger charge is 2.32. The Morgan fingerprint density at radius 1 is 1.03 bits per heavy atom. The molecule has 1 N–H and O–H groups in total. The molecule has 0 spiro atoms. The van der Waals surface area contributed by atoms with Crippen molar-refractivity contribution in [3.63, 3.8) is 0 Å². The quantitative estimate of drug-likeness (QED) is 0.477. The van der Waals surface area contributed by atoms with Crippen LogP contribution in [0.2, 0.25) is 0 Å². The summed E-state index contributed by atoms with van der Waals surface area (Å²) < 4.78 is 37.8. The number of fused-ring (bicyclic) bond motifs is 1. The number of aryl methyl sites for hydroxylation is 1. The maximum atomic E-state index is 13.8. The van der Waals surface area contributed by atoms with Gasteiger partial charge in [-0.3, -0.25) is 13.9 Å². The number of hydrogen-bond donors (Lipinski definition) is 1. The SMILES string of the molecule is CC[C@H](C(=O)N[C@@H](C)CC)N(Cc1cccc(C)c1)C(=O)CN(c1ccc2c(c1)OCCO2)S(C)(=O)=O. The molecule has 0 fully saturated rings. The minimum absolute atomic E-state index is 0.0531. The zero-order valence-electron chi connectivity index (χ0n) is 22.2. The van der Waals surface area contributed by atoms with E-state index < -0.39 is 28.5 Å². The van der Waals surface area contributed by atoms with Crippen molar-refractivity contribution in [3.8, 4) is 11.5 Å². The van der Waals surface area contributed by atoms with Gasteiger partial charge in [-0.05, 0) is 44.4 Å². The lowest BCUT2D eigenvalue weighted by Gasteiger charge is -2.33. The Balaban J connectivity index is 1.95. The van der Waals surface area contributed by atoms with Crippen LogP contribution in [0.3, 0.4) is 0 Å². The van der Waals surface area contributed by atoms with Gasteiger partial charge in [0.25, 0.3) is 0 Å². The fourth-order valence-corrected chi connectivity index (χ4v) is 5.01. The summed E-state index contributed by atoms with van der Waals surface area (Å²) in [4.78, 5) is 28.5. The van der Waals surface area contributed by atoms with E-state index in [9.17, 15) is 18.0 Å². The van der Waals surface area contributed by atoms with Gasteiger partial charge in [0.15, 0.2) is 11.5 Å². The highest BCUT2D eigenvalue weighted by Crippen LogP contribution is 2.34. The molecule has 1 heterocycles. The number of hydrogen-bond acceptors (Lipinski definition) is 6. The van der Waals surface area contributed by atoms with Gasteiger partial charge in [-0.15, -0.1) is 0 Å². The largest absolute Gasteiger partial charge is 0.486 e.